The van der Waals surface area contributed by atoms with Crippen LogP contribution in [0.5, 0.6) is 0 Å². The van der Waals surface area contributed by atoms with Crippen molar-refractivity contribution in [3.8, 4) is 6.07 Å². The monoisotopic (exact) mass is 240 g/mol. The van der Waals surface area contributed by atoms with E-state index in [1.807, 2.05) is 18.3 Å². The van der Waals surface area contributed by atoms with E-state index in [4.69, 9.17) is 5.26 Å². The van der Waals surface area contributed by atoms with Crippen molar-refractivity contribution in [3.05, 3.63) is 53.6 Å². The predicted octanol–water partition coefficient (Wildman–Crippen LogP) is 1.91. The summed E-state index contributed by atoms with van der Waals surface area (Å²) < 4.78 is 2.07. The highest BCUT2D eigenvalue weighted by molar-refractivity contribution is 5.31. The maximum atomic E-state index is 8.99. The largest absolute Gasteiger partial charge is 0.349 e. The summed E-state index contributed by atoms with van der Waals surface area (Å²) in [7, 11) is 0. The first-order chi connectivity index (χ1) is 8.83. The third kappa shape index (κ3) is 2.96. The first-order valence-electron chi connectivity index (χ1n) is 6.03. The number of pyridine rings is 1. The molecule has 0 unspecified atom stereocenters. The highest BCUT2D eigenvalue weighted by Gasteiger charge is 2.03. The Kier molecular flexibility index (Phi) is 4.11. The quantitative estimate of drug-likeness (QED) is 0.868. The van der Waals surface area contributed by atoms with Crippen molar-refractivity contribution >= 4 is 0 Å². The zero-order chi connectivity index (χ0) is 12.8. The molecule has 4 nitrogen and oxygen atoms in total. The minimum atomic E-state index is 0.499. The van der Waals surface area contributed by atoms with Gasteiger partial charge in [-0.05, 0) is 24.2 Å². The fourth-order valence-electron chi connectivity index (χ4n) is 1.83. The summed E-state index contributed by atoms with van der Waals surface area (Å²) >= 11 is 0. The lowest BCUT2D eigenvalue weighted by Gasteiger charge is -2.04. The fraction of sp³-hybridized carbons (Fsp3) is 0.286. The normalized spacial score (nSPS) is 10.2. The summed E-state index contributed by atoms with van der Waals surface area (Å²) in [6.45, 7) is 4.61. The minimum Gasteiger partial charge on any atom is -0.349 e. The lowest BCUT2D eigenvalue weighted by atomic mass is 10.2. The van der Waals surface area contributed by atoms with Gasteiger partial charge in [-0.25, -0.2) is 4.98 Å². The van der Waals surface area contributed by atoms with Gasteiger partial charge in [0.2, 0.25) is 0 Å². The van der Waals surface area contributed by atoms with Crippen LogP contribution in [0.15, 0.2) is 36.8 Å². The molecular weight excluding hydrogens is 224 g/mol. The molecule has 2 heterocycles. The van der Waals surface area contributed by atoms with Gasteiger partial charge in [-0.1, -0.05) is 13.0 Å². The van der Waals surface area contributed by atoms with Crippen molar-refractivity contribution in [1.29, 1.82) is 5.26 Å². The van der Waals surface area contributed by atoms with Crippen molar-refractivity contribution in [2.24, 2.45) is 0 Å². The SMILES string of the molecule is CCNCc1ccn(Cc2cccnc2C#N)c1. The Morgan fingerprint density at radius 2 is 2.33 bits per heavy atom. The van der Waals surface area contributed by atoms with Gasteiger partial charge >= 0.3 is 0 Å². The number of rotatable bonds is 5. The lowest BCUT2D eigenvalue weighted by Crippen LogP contribution is -2.11. The zero-order valence-electron chi connectivity index (χ0n) is 10.4. The van der Waals surface area contributed by atoms with E-state index in [2.05, 4.69) is 40.1 Å². The van der Waals surface area contributed by atoms with E-state index in [0.717, 1.165) is 18.7 Å². The number of aromatic nitrogens is 2. The van der Waals surface area contributed by atoms with Gasteiger partial charge in [0.1, 0.15) is 11.8 Å². The molecule has 0 amide bonds. The van der Waals surface area contributed by atoms with Gasteiger partial charge in [-0.3, -0.25) is 0 Å². The van der Waals surface area contributed by atoms with E-state index in [9.17, 15) is 0 Å². The maximum absolute atomic E-state index is 8.99. The van der Waals surface area contributed by atoms with Gasteiger partial charge in [0.25, 0.3) is 0 Å². The van der Waals surface area contributed by atoms with Crippen molar-refractivity contribution in [2.45, 2.75) is 20.0 Å². The van der Waals surface area contributed by atoms with Gasteiger partial charge in [0, 0.05) is 37.2 Å². The predicted molar refractivity (Wildman–Crippen MR) is 69.9 cm³/mol. The van der Waals surface area contributed by atoms with E-state index < -0.39 is 0 Å². The Bertz CT molecular complexity index is 551. The average molecular weight is 240 g/mol. The molecule has 0 bridgehead atoms. The highest BCUT2D eigenvalue weighted by Crippen LogP contribution is 2.09. The van der Waals surface area contributed by atoms with Crippen LogP contribution in [0.2, 0.25) is 0 Å². The second kappa shape index (κ2) is 5.99. The molecule has 2 aromatic rings. The fourth-order valence-corrected chi connectivity index (χ4v) is 1.83. The standard InChI is InChI=1S/C14H16N4/c1-2-16-9-12-5-7-18(10-12)11-13-4-3-6-17-14(13)8-15/h3-7,10,16H,2,9,11H2,1H3. The van der Waals surface area contributed by atoms with Crippen LogP contribution >= 0.6 is 0 Å². The molecule has 1 N–H and O–H groups in total. The second-order valence-electron chi connectivity index (χ2n) is 4.10. The molecule has 2 rings (SSSR count). The molecule has 0 radical (unpaired) electrons. The zero-order valence-corrected chi connectivity index (χ0v) is 10.4. The summed E-state index contributed by atoms with van der Waals surface area (Å²) in [5, 5.41) is 12.3. The third-order valence-corrected chi connectivity index (χ3v) is 2.74. The van der Waals surface area contributed by atoms with Crippen LogP contribution in [-0.4, -0.2) is 16.1 Å². The minimum absolute atomic E-state index is 0.499. The molecule has 0 saturated carbocycles. The summed E-state index contributed by atoms with van der Waals surface area (Å²) in [6.07, 6.45) is 5.77. The van der Waals surface area contributed by atoms with Crippen LogP contribution in [0.1, 0.15) is 23.7 Å². The third-order valence-electron chi connectivity index (χ3n) is 2.74. The lowest BCUT2D eigenvalue weighted by molar-refractivity contribution is 0.721. The molecule has 0 spiro atoms. The van der Waals surface area contributed by atoms with Crippen molar-refractivity contribution < 1.29 is 0 Å². The maximum Gasteiger partial charge on any atom is 0.145 e. The molecule has 0 saturated heterocycles. The topological polar surface area (TPSA) is 53.6 Å². The molecule has 0 aliphatic carbocycles. The van der Waals surface area contributed by atoms with Crippen molar-refractivity contribution in [3.63, 3.8) is 0 Å². The average Bonchev–Trinajstić information content (AvgIpc) is 2.84. The summed E-state index contributed by atoms with van der Waals surface area (Å²) in [5.41, 5.74) is 2.70. The van der Waals surface area contributed by atoms with E-state index in [0.29, 0.717) is 12.2 Å². The Labute approximate surface area is 107 Å². The smallest absolute Gasteiger partial charge is 0.145 e. The van der Waals surface area contributed by atoms with Gasteiger partial charge in [0.15, 0.2) is 0 Å². The molecular formula is C14H16N4. The first-order valence-corrected chi connectivity index (χ1v) is 6.03. The molecule has 0 aromatic carbocycles. The van der Waals surface area contributed by atoms with Crippen LogP contribution in [0.4, 0.5) is 0 Å². The second-order valence-corrected chi connectivity index (χ2v) is 4.10. The van der Waals surface area contributed by atoms with Gasteiger partial charge < -0.3 is 9.88 Å². The van der Waals surface area contributed by atoms with E-state index in [1.165, 1.54) is 5.56 Å². The van der Waals surface area contributed by atoms with Crippen LogP contribution in [0.3, 0.4) is 0 Å². The number of nitrogens with one attached hydrogen (secondary N) is 1. The van der Waals surface area contributed by atoms with Gasteiger partial charge in [-0.15, -0.1) is 0 Å². The first kappa shape index (κ1) is 12.3. The Hall–Kier alpha value is -2.12. The molecule has 18 heavy (non-hydrogen) atoms. The molecule has 2 aromatic heterocycles. The molecule has 0 aliphatic heterocycles. The van der Waals surface area contributed by atoms with Crippen molar-refractivity contribution in [2.75, 3.05) is 6.54 Å². The van der Waals surface area contributed by atoms with E-state index >= 15 is 0 Å². The number of nitriles is 1. The molecule has 0 fully saturated rings. The number of hydrogen-bond donors (Lipinski definition) is 1. The van der Waals surface area contributed by atoms with Gasteiger partial charge in [0.05, 0.1) is 0 Å². The molecule has 4 heteroatoms. The van der Waals surface area contributed by atoms with E-state index in [-0.39, 0.29) is 0 Å². The summed E-state index contributed by atoms with van der Waals surface area (Å²) in [5.74, 6) is 0. The summed E-state index contributed by atoms with van der Waals surface area (Å²) in [4.78, 5) is 4.06. The Balaban J connectivity index is 2.09. The highest BCUT2D eigenvalue weighted by atomic mass is 14.9. The van der Waals surface area contributed by atoms with Crippen LogP contribution in [0.25, 0.3) is 0 Å². The van der Waals surface area contributed by atoms with Crippen LogP contribution in [0, 0.1) is 11.3 Å². The number of nitrogens with zero attached hydrogens (tertiary/aromatic N) is 3. The Morgan fingerprint density at radius 1 is 1.44 bits per heavy atom. The Morgan fingerprint density at radius 3 is 3.11 bits per heavy atom. The van der Waals surface area contributed by atoms with Crippen LogP contribution < -0.4 is 5.32 Å². The van der Waals surface area contributed by atoms with Crippen molar-refractivity contribution in [1.82, 2.24) is 14.9 Å². The van der Waals surface area contributed by atoms with Crippen LogP contribution in [-0.2, 0) is 13.1 Å². The van der Waals surface area contributed by atoms with E-state index in [1.54, 1.807) is 6.20 Å². The summed E-state index contributed by atoms with van der Waals surface area (Å²) in [6, 6.07) is 8.01. The van der Waals surface area contributed by atoms with Gasteiger partial charge in [-0.2, -0.15) is 5.26 Å². The molecule has 0 aliphatic rings. The molecule has 92 valence electrons. The number of hydrogen-bond acceptors (Lipinski definition) is 3. The molecule has 0 atom stereocenters.